The Morgan fingerprint density at radius 2 is 1.00 bits per heavy atom. The molecule has 0 aromatic rings. The first kappa shape index (κ1) is 41.7. The lowest BCUT2D eigenvalue weighted by Gasteiger charge is -2.26. The molecule has 0 bridgehead atoms. The van der Waals surface area contributed by atoms with Crippen molar-refractivity contribution < 1.29 is 63.3 Å². The van der Waals surface area contributed by atoms with Gasteiger partial charge in [-0.25, -0.2) is 4.79 Å². The van der Waals surface area contributed by atoms with E-state index in [9.17, 15) is 53.1 Å². The summed E-state index contributed by atoms with van der Waals surface area (Å²) in [7, 11) is 0. The fourth-order valence-corrected chi connectivity index (χ4v) is 3.83. The van der Waals surface area contributed by atoms with Crippen LogP contribution in [-0.4, -0.2) is 111 Å². The number of nitrogens with two attached hydrogens (primary N) is 3. The predicted octanol–water partition coefficient (Wildman–Crippen LogP) is -5.02. The average molecular weight is 675 g/mol. The predicted molar refractivity (Wildman–Crippen MR) is 157 cm³/mol. The van der Waals surface area contributed by atoms with Crippen LogP contribution in [0.2, 0.25) is 0 Å². The third kappa shape index (κ3) is 17.1. The monoisotopic (exact) mass is 674 g/mol. The SMILES string of the molecule is CC(C)C[C@H](NC(=O)[C@H](C)NC(=O)[C@@H](N)CC(=O)O)C(=O)N[C@@H](CC(N)=O)C(=O)N[C@@H](CCC(=O)O)C(=O)N[C@@H](CC(N)=O)C(=O)O. The largest absolute Gasteiger partial charge is 0.481 e. The van der Waals surface area contributed by atoms with E-state index in [0.29, 0.717) is 0 Å². The highest BCUT2D eigenvalue weighted by Gasteiger charge is 2.33. The number of nitrogens with one attached hydrogen (secondary N) is 5. The van der Waals surface area contributed by atoms with Crippen molar-refractivity contribution >= 4 is 59.3 Å². The quantitative estimate of drug-likeness (QED) is 0.0512. The fraction of sp³-hybridized carbons (Fsp3) is 0.615. The van der Waals surface area contributed by atoms with Gasteiger partial charge in [0.1, 0.15) is 30.2 Å². The summed E-state index contributed by atoms with van der Waals surface area (Å²) in [6.07, 6.45) is -3.69. The van der Waals surface area contributed by atoms with E-state index in [1.807, 2.05) is 5.32 Å². The number of primary amides is 2. The molecule has 14 N–H and O–H groups in total. The van der Waals surface area contributed by atoms with E-state index in [1.165, 1.54) is 6.92 Å². The average Bonchev–Trinajstić information content (AvgIpc) is 2.92. The van der Waals surface area contributed by atoms with Crippen LogP contribution in [-0.2, 0) is 47.9 Å². The maximum atomic E-state index is 13.2. The molecule has 0 radical (unpaired) electrons. The van der Waals surface area contributed by atoms with Crippen LogP contribution in [0.25, 0.3) is 0 Å². The van der Waals surface area contributed by atoms with E-state index in [-0.39, 0.29) is 12.3 Å². The number of carboxylic acid groups (broad SMARTS) is 3. The van der Waals surface area contributed by atoms with Crippen LogP contribution in [0.5, 0.6) is 0 Å². The van der Waals surface area contributed by atoms with E-state index in [0.717, 1.165) is 0 Å². The number of rotatable bonds is 22. The Bertz CT molecular complexity index is 1230. The van der Waals surface area contributed by atoms with Crippen LogP contribution in [0.1, 0.15) is 59.3 Å². The van der Waals surface area contributed by atoms with E-state index in [2.05, 4.69) is 21.3 Å². The van der Waals surface area contributed by atoms with Crippen molar-refractivity contribution in [1.82, 2.24) is 26.6 Å². The molecule has 21 nitrogen and oxygen atoms in total. The summed E-state index contributed by atoms with van der Waals surface area (Å²) in [4.78, 5) is 120. The van der Waals surface area contributed by atoms with Gasteiger partial charge < -0.3 is 59.1 Å². The molecule has 0 saturated heterocycles. The third-order valence-electron chi connectivity index (χ3n) is 6.16. The Morgan fingerprint density at radius 3 is 1.47 bits per heavy atom. The van der Waals surface area contributed by atoms with Crippen molar-refractivity contribution in [1.29, 1.82) is 0 Å². The zero-order valence-corrected chi connectivity index (χ0v) is 25.9. The lowest BCUT2D eigenvalue weighted by molar-refractivity contribution is -0.144. The second-order valence-electron chi connectivity index (χ2n) is 10.9. The van der Waals surface area contributed by atoms with Crippen LogP contribution in [0.4, 0.5) is 0 Å². The molecule has 21 heteroatoms. The Morgan fingerprint density at radius 1 is 0.553 bits per heavy atom. The normalized spacial score (nSPS) is 14.6. The molecule has 47 heavy (non-hydrogen) atoms. The Labute approximate surface area is 268 Å². The first-order chi connectivity index (χ1) is 21.6. The molecule has 0 aliphatic carbocycles. The maximum Gasteiger partial charge on any atom is 0.326 e. The van der Waals surface area contributed by atoms with Crippen molar-refractivity contribution in [2.75, 3.05) is 0 Å². The number of hydrogen-bond acceptors (Lipinski definition) is 11. The Hall–Kier alpha value is -5.34. The molecule has 264 valence electrons. The Balaban J connectivity index is 5.98. The number of amides is 7. The maximum absolute atomic E-state index is 13.2. The minimum Gasteiger partial charge on any atom is -0.481 e. The van der Waals surface area contributed by atoms with E-state index in [1.54, 1.807) is 13.8 Å². The van der Waals surface area contributed by atoms with E-state index >= 15 is 0 Å². The minimum atomic E-state index is -1.83. The second-order valence-corrected chi connectivity index (χ2v) is 10.9. The number of aliphatic carboxylic acids is 3. The van der Waals surface area contributed by atoms with Gasteiger partial charge in [0.2, 0.25) is 41.4 Å². The fourth-order valence-electron chi connectivity index (χ4n) is 3.83. The topological polar surface area (TPSA) is 370 Å². The van der Waals surface area contributed by atoms with Crippen LogP contribution in [0.15, 0.2) is 0 Å². The molecule has 0 saturated carbocycles. The molecule has 0 unspecified atom stereocenters. The van der Waals surface area contributed by atoms with Crippen LogP contribution >= 0.6 is 0 Å². The van der Waals surface area contributed by atoms with Gasteiger partial charge >= 0.3 is 17.9 Å². The summed E-state index contributed by atoms with van der Waals surface area (Å²) in [5.41, 5.74) is 15.7. The number of carboxylic acids is 3. The van der Waals surface area contributed by atoms with Crippen molar-refractivity contribution in [3.63, 3.8) is 0 Å². The van der Waals surface area contributed by atoms with Gasteiger partial charge in [-0.1, -0.05) is 13.8 Å². The summed E-state index contributed by atoms with van der Waals surface area (Å²) < 4.78 is 0. The van der Waals surface area contributed by atoms with Crippen molar-refractivity contribution in [3.8, 4) is 0 Å². The van der Waals surface area contributed by atoms with Gasteiger partial charge in [0.05, 0.1) is 25.3 Å². The molecule has 0 spiro atoms. The van der Waals surface area contributed by atoms with Gasteiger partial charge in [-0.3, -0.25) is 43.2 Å². The lowest BCUT2D eigenvalue weighted by Crippen LogP contribution is -2.59. The summed E-state index contributed by atoms with van der Waals surface area (Å²) in [5.74, 6) is -12.1. The van der Waals surface area contributed by atoms with E-state index < -0.39 is 128 Å². The first-order valence-electron chi connectivity index (χ1n) is 14.1. The smallest absolute Gasteiger partial charge is 0.326 e. The zero-order chi connectivity index (χ0) is 36.6. The number of hydrogen-bond donors (Lipinski definition) is 11. The van der Waals surface area contributed by atoms with Crippen molar-refractivity contribution in [3.05, 3.63) is 0 Å². The summed E-state index contributed by atoms with van der Waals surface area (Å²) >= 11 is 0. The molecule has 0 heterocycles. The Kier molecular flexibility index (Phi) is 17.7. The summed E-state index contributed by atoms with van der Waals surface area (Å²) in [6, 6.07) is -9.47. The summed E-state index contributed by atoms with van der Waals surface area (Å²) in [5, 5.41) is 38.0. The van der Waals surface area contributed by atoms with Crippen LogP contribution in [0.3, 0.4) is 0 Å². The molecular formula is C26H42N8O13. The first-order valence-corrected chi connectivity index (χ1v) is 14.1. The van der Waals surface area contributed by atoms with Crippen LogP contribution in [0, 0.1) is 5.92 Å². The number of carbonyl (C=O) groups excluding carboxylic acids is 7. The molecule has 0 aromatic carbocycles. The van der Waals surface area contributed by atoms with E-state index in [4.69, 9.17) is 27.4 Å². The highest BCUT2D eigenvalue weighted by atomic mass is 16.4. The van der Waals surface area contributed by atoms with Gasteiger partial charge in [-0.2, -0.15) is 0 Å². The van der Waals surface area contributed by atoms with Gasteiger partial charge in [-0.05, 0) is 25.7 Å². The molecule has 0 rings (SSSR count). The highest BCUT2D eigenvalue weighted by Crippen LogP contribution is 2.08. The van der Waals surface area contributed by atoms with Gasteiger partial charge in [0.15, 0.2) is 0 Å². The molecule has 6 atom stereocenters. The lowest BCUT2D eigenvalue weighted by atomic mass is 10.0. The van der Waals surface area contributed by atoms with Gasteiger partial charge in [0, 0.05) is 6.42 Å². The highest BCUT2D eigenvalue weighted by molar-refractivity contribution is 5.98. The molecule has 0 aromatic heterocycles. The van der Waals surface area contributed by atoms with Crippen LogP contribution < -0.4 is 43.8 Å². The summed E-state index contributed by atoms with van der Waals surface area (Å²) in [6.45, 7) is 4.60. The third-order valence-corrected chi connectivity index (χ3v) is 6.16. The van der Waals surface area contributed by atoms with Crippen molar-refractivity contribution in [2.24, 2.45) is 23.1 Å². The molecule has 0 aliphatic heterocycles. The standard InChI is InChI=1S/C26H42N8O13/c1-10(2)6-14(32-21(41)11(3)30-22(42)12(27)7-20(39)40)24(44)33-15(8-17(28)35)25(45)31-13(4-5-19(37)38)23(43)34-16(26(46)47)9-18(29)36/h10-16H,4-9,27H2,1-3H3,(H2,28,35)(H2,29,36)(H,30,42)(H,31,45)(H,32,41)(H,33,44)(H,34,43)(H,37,38)(H,39,40)(H,46,47)/t11-,12-,13-,14-,15-,16-/m0/s1. The minimum absolute atomic E-state index is 0.0260. The van der Waals surface area contributed by atoms with Gasteiger partial charge in [-0.15, -0.1) is 0 Å². The molecule has 0 fully saturated rings. The molecule has 7 amide bonds. The van der Waals surface area contributed by atoms with Crippen molar-refractivity contribution in [2.45, 2.75) is 95.5 Å². The van der Waals surface area contributed by atoms with Gasteiger partial charge in [0.25, 0.3) is 0 Å². The molecular weight excluding hydrogens is 632 g/mol. The molecule has 0 aliphatic rings. The second kappa shape index (κ2) is 19.9. The zero-order valence-electron chi connectivity index (χ0n) is 25.9. The number of carbonyl (C=O) groups is 10.